The topological polar surface area (TPSA) is 135 Å². The van der Waals surface area contributed by atoms with Crippen LogP contribution in [0.25, 0.3) is 22.3 Å². The molecule has 2 aliphatic carbocycles. The molecular weight excluding hydrogens is 724 g/mol. The number of nitrogens with zero attached hydrogens (tertiary/aromatic N) is 4. The van der Waals surface area contributed by atoms with Crippen LogP contribution >= 0.6 is 0 Å². The Morgan fingerprint density at radius 1 is 0.912 bits per heavy atom. The predicted octanol–water partition coefficient (Wildman–Crippen LogP) is 6.99. The van der Waals surface area contributed by atoms with Crippen molar-refractivity contribution in [2.75, 3.05) is 20.8 Å². The van der Waals surface area contributed by atoms with Crippen molar-refractivity contribution in [3.8, 4) is 11.1 Å². The molecule has 4 heterocycles. The third kappa shape index (κ3) is 7.79. The van der Waals surface area contributed by atoms with Crippen LogP contribution in [0, 0.1) is 29.5 Å². The molecule has 3 fully saturated rings. The molecule has 5 aliphatic rings. The summed E-state index contributed by atoms with van der Waals surface area (Å²) in [5, 5.41) is 5.80. The fourth-order valence-electron chi connectivity index (χ4n) is 9.68. The van der Waals surface area contributed by atoms with E-state index in [9.17, 15) is 14.4 Å². The third-order valence-corrected chi connectivity index (χ3v) is 12.7. The van der Waals surface area contributed by atoms with Crippen molar-refractivity contribution < 1.29 is 28.2 Å². The highest BCUT2D eigenvalue weighted by atomic mass is 19.1. The number of allylic oxidation sites excluding steroid dienone is 2. The van der Waals surface area contributed by atoms with Gasteiger partial charge in [0.15, 0.2) is 0 Å². The van der Waals surface area contributed by atoms with E-state index in [2.05, 4.69) is 15.6 Å². The lowest BCUT2D eigenvalue weighted by molar-refractivity contribution is -0.136. The molecule has 11 nitrogen and oxygen atoms in total. The number of nitrogens with one attached hydrogen (secondary N) is 2. The number of rotatable bonds is 12. The number of halogens is 1. The van der Waals surface area contributed by atoms with Crippen molar-refractivity contribution in [2.24, 2.45) is 33.7 Å². The average Bonchev–Trinajstić information content (AvgIpc) is 4.10. The standard InChI is InChI=1S/C45H49FN6O5/c1-26(56-2)42(51-45(55)57-3)44(54)52-17-5-7-39(52)37-20-34(25-48-37)30-14-15-35(36(46)19-30)29-10-8-28(9-11-29)33-21-38(49-24-33)40-31-12-13-32(18-31)41(40)43(53)50-23-27-6-4-16-47-22-27/h4,6,8-11,14-16,19,22,24-26,31-32,39-42H,5,7,12-13,17-18,20-21,23H2,1-3H3,(H,50,53)(H,51,55)/t26-,31?,32?,39?,40?,41+,42+/m1/s1. The quantitative estimate of drug-likeness (QED) is 0.204. The van der Waals surface area contributed by atoms with Crippen molar-refractivity contribution in [3.63, 3.8) is 0 Å². The Balaban J connectivity index is 0.881. The molecule has 1 saturated heterocycles. The first kappa shape index (κ1) is 38.4. The highest BCUT2D eigenvalue weighted by Gasteiger charge is 2.52. The Morgan fingerprint density at radius 3 is 2.37 bits per heavy atom. The summed E-state index contributed by atoms with van der Waals surface area (Å²) in [7, 11) is 2.75. The van der Waals surface area contributed by atoms with E-state index in [4.69, 9.17) is 19.5 Å². The van der Waals surface area contributed by atoms with Gasteiger partial charge >= 0.3 is 6.09 Å². The third-order valence-electron chi connectivity index (χ3n) is 12.7. The van der Waals surface area contributed by atoms with E-state index < -0.39 is 18.2 Å². The molecule has 0 spiro atoms. The zero-order chi connectivity index (χ0) is 39.6. The Hall–Kier alpha value is -5.49. The Morgan fingerprint density at radius 2 is 1.63 bits per heavy atom. The van der Waals surface area contributed by atoms with E-state index in [0.29, 0.717) is 43.3 Å². The van der Waals surface area contributed by atoms with Gasteiger partial charge in [-0.15, -0.1) is 0 Å². The lowest BCUT2D eigenvalue weighted by Crippen LogP contribution is -2.56. The predicted molar refractivity (Wildman–Crippen MR) is 216 cm³/mol. The second-order valence-corrected chi connectivity index (χ2v) is 15.9. The lowest BCUT2D eigenvalue weighted by Gasteiger charge is -2.31. The van der Waals surface area contributed by atoms with Crippen LogP contribution in [0.2, 0.25) is 0 Å². The number of hydrogen-bond donors (Lipinski definition) is 2. The normalized spacial score (nSPS) is 24.7. The van der Waals surface area contributed by atoms with Crippen molar-refractivity contribution in [2.45, 2.75) is 76.6 Å². The number of pyridine rings is 1. The van der Waals surface area contributed by atoms with E-state index in [-0.39, 0.29) is 35.5 Å². The minimum atomic E-state index is -0.905. The zero-order valence-electron chi connectivity index (χ0n) is 32.6. The summed E-state index contributed by atoms with van der Waals surface area (Å²) in [5.74, 6) is 0.526. The van der Waals surface area contributed by atoms with Gasteiger partial charge in [0.05, 0.1) is 19.3 Å². The molecular formula is C45H49FN6O5. The molecule has 3 aromatic rings. The number of ether oxygens (including phenoxy) is 2. The van der Waals surface area contributed by atoms with Crippen molar-refractivity contribution in [3.05, 3.63) is 102 Å². The number of aromatic nitrogens is 1. The fourth-order valence-corrected chi connectivity index (χ4v) is 9.68. The number of likely N-dealkylation sites (tertiary alicyclic amines) is 1. The van der Waals surface area contributed by atoms with Gasteiger partial charge in [0.1, 0.15) is 11.9 Å². The summed E-state index contributed by atoms with van der Waals surface area (Å²) in [5.41, 5.74) is 7.99. The fraction of sp³-hybridized carbons (Fsp3) is 0.422. The van der Waals surface area contributed by atoms with Gasteiger partial charge in [-0.3, -0.25) is 24.6 Å². The zero-order valence-corrected chi connectivity index (χ0v) is 32.6. The molecule has 57 heavy (non-hydrogen) atoms. The van der Waals surface area contributed by atoms with Crippen LogP contribution in [0.3, 0.4) is 0 Å². The van der Waals surface area contributed by atoms with E-state index in [1.54, 1.807) is 36.5 Å². The van der Waals surface area contributed by atoms with Gasteiger partial charge in [0.2, 0.25) is 11.8 Å². The highest BCUT2D eigenvalue weighted by Crippen LogP contribution is 2.54. The first-order chi connectivity index (χ1) is 27.7. The van der Waals surface area contributed by atoms with Crippen molar-refractivity contribution in [1.82, 2.24) is 20.5 Å². The first-order valence-corrected chi connectivity index (χ1v) is 20.0. The molecule has 2 bridgehead atoms. The maximum atomic E-state index is 15.8. The summed E-state index contributed by atoms with van der Waals surface area (Å²) in [6.45, 7) is 2.74. The molecule has 12 heteroatoms. The monoisotopic (exact) mass is 772 g/mol. The molecule has 1 aromatic heterocycles. The number of carbonyl (C=O) groups excluding carboxylic acids is 3. The number of methoxy groups -OCH3 is 2. The number of aliphatic imine (C=N–C) groups is 2. The van der Waals surface area contributed by atoms with Crippen LogP contribution in [0.5, 0.6) is 0 Å². The van der Waals surface area contributed by atoms with Gasteiger partial charge in [-0.1, -0.05) is 42.5 Å². The van der Waals surface area contributed by atoms with Crippen molar-refractivity contribution >= 4 is 40.5 Å². The van der Waals surface area contributed by atoms with Crippen LogP contribution in [-0.2, 0) is 25.6 Å². The van der Waals surface area contributed by atoms with E-state index in [1.165, 1.54) is 14.2 Å². The molecule has 0 radical (unpaired) electrons. The molecule has 8 rings (SSSR count). The maximum Gasteiger partial charge on any atom is 0.407 e. The van der Waals surface area contributed by atoms with Crippen LogP contribution < -0.4 is 10.6 Å². The van der Waals surface area contributed by atoms with Crippen LogP contribution in [0.1, 0.15) is 68.6 Å². The molecule has 296 valence electrons. The maximum absolute atomic E-state index is 15.8. The molecule has 4 unspecified atom stereocenters. The van der Waals surface area contributed by atoms with Gasteiger partial charge in [0, 0.05) is 86.7 Å². The number of hydrogen-bond acceptors (Lipinski definition) is 8. The average molecular weight is 773 g/mol. The van der Waals surface area contributed by atoms with Gasteiger partial charge in [-0.2, -0.15) is 0 Å². The molecule has 7 atom stereocenters. The summed E-state index contributed by atoms with van der Waals surface area (Å²) in [4.78, 5) is 54.7. The van der Waals surface area contributed by atoms with Gasteiger partial charge in [-0.25, -0.2) is 9.18 Å². The summed E-state index contributed by atoms with van der Waals surface area (Å²) in [6, 6.07) is 16.0. The summed E-state index contributed by atoms with van der Waals surface area (Å²) >= 11 is 0. The first-order valence-electron chi connectivity index (χ1n) is 20.0. The van der Waals surface area contributed by atoms with E-state index in [0.717, 1.165) is 76.9 Å². The molecule has 2 N–H and O–H groups in total. The van der Waals surface area contributed by atoms with Crippen molar-refractivity contribution in [1.29, 1.82) is 0 Å². The second-order valence-electron chi connectivity index (χ2n) is 15.9. The number of benzene rings is 2. The highest BCUT2D eigenvalue weighted by molar-refractivity contribution is 6.04. The van der Waals surface area contributed by atoms with Gasteiger partial charge < -0.3 is 25.0 Å². The minimum absolute atomic E-state index is 0.0559. The summed E-state index contributed by atoms with van der Waals surface area (Å²) in [6.07, 6.45) is 12.1. The molecule has 3 aliphatic heterocycles. The Kier molecular flexibility index (Phi) is 11.1. The smallest absolute Gasteiger partial charge is 0.407 e. The molecule has 3 amide bonds. The van der Waals surface area contributed by atoms with Crippen LogP contribution in [0.15, 0.2) is 89.4 Å². The molecule has 2 aromatic carbocycles. The van der Waals surface area contributed by atoms with E-state index >= 15 is 4.39 Å². The number of amides is 3. The lowest BCUT2D eigenvalue weighted by atomic mass is 9.75. The van der Waals surface area contributed by atoms with Crippen LogP contribution in [0.4, 0.5) is 9.18 Å². The molecule has 2 saturated carbocycles. The van der Waals surface area contributed by atoms with Gasteiger partial charge in [-0.05, 0) is 96.4 Å². The summed E-state index contributed by atoms with van der Waals surface area (Å²) < 4.78 is 25.9. The number of alkyl carbamates (subject to hydrolysis) is 1. The number of fused-ring (bicyclic) bond motifs is 2. The second kappa shape index (κ2) is 16.5. The minimum Gasteiger partial charge on any atom is -0.453 e. The Labute approximate surface area is 332 Å². The Bertz CT molecular complexity index is 2150. The van der Waals surface area contributed by atoms with E-state index in [1.807, 2.05) is 54.7 Å². The largest absolute Gasteiger partial charge is 0.453 e. The number of carbonyl (C=O) groups is 3. The van der Waals surface area contributed by atoms with Gasteiger partial charge in [0.25, 0.3) is 0 Å². The SMILES string of the molecule is COC(=O)N[C@H](C(=O)N1CCCC1C1=NC=C(c2ccc(-c3ccc(C4=CN=C(C5C6CCC(C6)[C@@H]5C(=O)NCc5cccnc5)C4)cc3)c(F)c2)C1)[C@@H](C)OC. The van der Waals surface area contributed by atoms with Crippen LogP contribution in [-0.4, -0.2) is 78.2 Å².